The van der Waals surface area contributed by atoms with Gasteiger partial charge in [-0.1, -0.05) is 0 Å². The van der Waals surface area contributed by atoms with Crippen LogP contribution in [0.1, 0.15) is 61.8 Å². The van der Waals surface area contributed by atoms with E-state index in [2.05, 4.69) is 20.6 Å². The van der Waals surface area contributed by atoms with Gasteiger partial charge in [-0.25, -0.2) is 14.8 Å². The molecule has 1 saturated heterocycles. The summed E-state index contributed by atoms with van der Waals surface area (Å²) in [5, 5.41) is 5.67. The minimum absolute atomic E-state index is 0.00275. The molecule has 9 nitrogen and oxygen atoms in total. The maximum atomic E-state index is 12.7. The van der Waals surface area contributed by atoms with Crippen molar-refractivity contribution in [1.29, 1.82) is 0 Å². The first-order valence-electron chi connectivity index (χ1n) is 11.3. The molecule has 2 N–H and O–H groups in total. The number of aryl methyl sites for hydroxylation is 2. The molecule has 1 aromatic carbocycles. The molecule has 2 heterocycles. The second-order valence-electron chi connectivity index (χ2n) is 9.41. The van der Waals surface area contributed by atoms with Crippen LogP contribution in [0, 0.1) is 13.8 Å². The monoisotopic (exact) mass is 455 g/mol. The number of carbonyl (C=O) groups is 3. The van der Waals surface area contributed by atoms with Gasteiger partial charge in [0.1, 0.15) is 5.60 Å². The lowest BCUT2D eigenvalue weighted by atomic mass is 10.0. The van der Waals surface area contributed by atoms with Crippen LogP contribution in [0.2, 0.25) is 0 Å². The predicted molar refractivity (Wildman–Crippen MR) is 125 cm³/mol. The largest absolute Gasteiger partial charge is 0.444 e. The topological polar surface area (TPSA) is 114 Å². The van der Waals surface area contributed by atoms with Crippen LogP contribution in [0.25, 0.3) is 11.0 Å². The number of hydrogen-bond donors (Lipinski definition) is 2. The third kappa shape index (κ3) is 6.87. The highest BCUT2D eigenvalue weighted by molar-refractivity contribution is 5.97. The quantitative estimate of drug-likeness (QED) is 0.717. The van der Waals surface area contributed by atoms with Crippen molar-refractivity contribution in [1.82, 2.24) is 25.5 Å². The van der Waals surface area contributed by atoms with Crippen molar-refractivity contribution in [3.63, 3.8) is 0 Å². The van der Waals surface area contributed by atoms with Gasteiger partial charge in [0.15, 0.2) is 0 Å². The van der Waals surface area contributed by atoms with E-state index < -0.39 is 11.7 Å². The Labute approximate surface area is 194 Å². The molecule has 33 heavy (non-hydrogen) atoms. The first-order chi connectivity index (χ1) is 15.5. The van der Waals surface area contributed by atoms with E-state index >= 15 is 0 Å². The number of piperidine rings is 1. The number of aromatic nitrogens is 2. The van der Waals surface area contributed by atoms with Crippen molar-refractivity contribution in [2.24, 2.45) is 0 Å². The first-order valence-corrected chi connectivity index (χ1v) is 11.3. The van der Waals surface area contributed by atoms with E-state index in [1.54, 1.807) is 37.8 Å². The molecule has 9 heteroatoms. The summed E-state index contributed by atoms with van der Waals surface area (Å²) in [4.78, 5) is 47.6. The highest BCUT2D eigenvalue weighted by Crippen LogP contribution is 2.16. The van der Waals surface area contributed by atoms with Crippen molar-refractivity contribution < 1.29 is 19.1 Å². The average molecular weight is 456 g/mol. The number of benzene rings is 1. The average Bonchev–Trinajstić information content (AvgIpc) is 2.73. The smallest absolute Gasteiger partial charge is 0.407 e. The number of carbonyl (C=O) groups excluding carboxylic acids is 3. The third-order valence-electron chi connectivity index (χ3n) is 5.53. The zero-order chi connectivity index (χ0) is 24.2. The normalized spacial score (nSPS) is 14.8. The standard InChI is InChI=1S/C24H33N5O4/c1-15-16(2)27-20-14-17(6-7-19(20)26-15)22(31)28-18-9-12-29(13-10-18)21(30)8-11-25-23(32)33-24(3,4)5/h6-7,14,18H,8-13H2,1-5H3,(H,25,32)(H,28,31). The number of rotatable bonds is 5. The minimum atomic E-state index is -0.571. The first kappa shape index (κ1) is 24.4. The molecular weight excluding hydrogens is 422 g/mol. The lowest BCUT2D eigenvalue weighted by Crippen LogP contribution is -2.47. The highest BCUT2D eigenvalue weighted by Gasteiger charge is 2.24. The molecule has 178 valence electrons. The van der Waals surface area contributed by atoms with Crippen molar-refractivity contribution in [2.75, 3.05) is 19.6 Å². The van der Waals surface area contributed by atoms with E-state index in [9.17, 15) is 14.4 Å². The van der Waals surface area contributed by atoms with E-state index in [1.165, 1.54) is 0 Å². The van der Waals surface area contributed by atoms with Crippen LogP contribution < -0.4 is 10.6 Å². The summed E-state index contributed by atoms with van der Waals surface area (Å²) >= 11 is 0. The summed E-state index contributed by atoms with van der Waals surface area (Å²) in [6.45, 7) is 10.5. The predicted octanol–water partition coefficient (Wildman–Crippen LogP) is 2.88. The number of likely N-dealkylation sites (tertiary alicyclic amines) is 1. The van der Waals surface area contributed by atoms with Gasteiger partial charge in [-0.05, 0) is 65.7 Å². The van der Waals surface area contributed by atoms with E-state index in [0.29, 0.717) is 37.0 Å². The summed E-state index contributed by atoms with van der Waals surface area (Å²) in [5.41, 5.74) is 3.17. The summed E-state index contributed by atoms with van der Waals surface area (Å²) in [7, 11) is 0. The molecule has 0 atom stereocenters. The highest BCUT2D eigenvalue weighted by atomic mass is 16.6. The Balaban J connectivity index is 1.45. The molecule has 1 fully saturated rings. The van der Waals surface area contributed by atoms with Gasteiger partial charge in [0.05, 0.1) is 22.4 Å². The molecule has 1 aromatic heterocycles. The molecule has 0 unspecified atom stereocenters. The number of amides is 3. The van der Waals surface area contributed by atoms with Crippen molar-refractivity contribution in [2.45, 2.75) is 65.5 Å². The fourth-order valence-corrected chi connectivity index (χ4v) is 3.66. The molecule has 0 saturated carbocycles. The van der Waals surface area contributed by atoms with Gasteiger partial charge in [-0.2, -0.15) is 0 Å². The van der Waals surface area contributed by atoms with E-state index in [0.717, 1.165) is 16.9 Å². The number of hydrogen-bond acceptors (Lipinski definition) is 6. The van der Waals surface area contributed by atoms with E-state index in [-0.39, 0.29) is 30.8 Å². The fraction of sp³-hybridized carbons (Fsp3) is 0.542. The molecule has 3 rings (SSSR count). The second-order valence-corrected chi connectivity index (χ2v) is 9.41. The summed E-state index contributed by atoms with van der Waals surface area (Å²) in [5.74, 6) is -0.169. The van der Waals surface area contributed by atoms with E-state index in [4.69, 9.17) is 4.74 Å². The lowest BCUT2D eigenvalue weighted by molar-refractivity contribution is -0.132. The van der Waals surface area contributed by atoms with Gasteiger partial charge < -0.3 is 20.3 Å². The number of alkyl carbamates (subject to hydrolysis) is 1. The van der Waals surface area contributed by atoms with Crippen LogP contribution in [0.5, 0.6) is 0 Å². The van der Waals surface area contributed by atoms with Crippen LogP contribution in [0.15, 0.2) is 18.2 Å². The maximum absolute atomic E-state index is 12.7. The second kappa shape index (κ2) is 10.1. The van der Waals surface area contributed by atoms with Gasteiger partial charge in [-0.15, -0.1) is 0 Å². The molecular formula is C24H33N5O4. The summed E-state index contributed by atoms with van der Waals surface area (Å²) in [6.07, 6.45) is 1.06. The summed E-state index contributed by atoms with van der Waals surface area (Å²) < 4.78 is 5.16. The Bertz CT molecular complexity index is 1040. The SMILES string of the molecule is Cc1nc2ccc(C(=O)NC3CCN(C(=O)CCNC(=O)OC(C)(C)C)CC3)cc2nc1C. The van der Waals surface area contributed by atoms with Crippen LogP contribution >= 0.6 is 0 Å². The van der Waals surface area contributed by atoms with Crippen LogP contribution in [-0.4, -0.2) is 64.1 Å². The Hall–Kier alpha value is -3.23. The van der Waals surface area contributed by atoms with Gasteiger partial charge >= 0.3 is 6.09 Å². The van der Waals surface area contributed by atoms with Crippen LogP contribution in [0.3, 0.4) is 0 Å². The minimum Gasteiger partial charge on any atom is -0.444 e. The molecule has 0 spiro atoms. The third-order valence-corrected chi connectivity index (χ3v) is 5.53. The molecule has 0 radical (unpaired) electrons. The number of nitrogens with one attached hydrogen (secondary N) is 2. The Kier molecular flexibility index (Phi) is 7.50. The molecule has 1 aliphatic heterocycles. The maximum Gasteiger partial charge on any atom is 0.407 e. The molecule has 1 aliphatic rings. The molecule has 2 aromatic rings. The zero-order valence-electron chi connectivity index (χ0n) is 20.0. The van der Waals surface area contributed by atoms with Crippen LogP contribution in [-0.2, 0) is 9.53 Å². The van der Waals surface area contributed by atoms with Crippen LogP contribution in [0.4, 0.5) is 4.79 Å². The zero-order valence-corrected chi connectivity index (χ0v) is 20.0. The Morgan fingerprint density at radius 2 is 1.70 bits per heavy atom. The lowest BCUT2D eigenvalue weighted by Gasteiger charge is -2.32. The Morgan fingerprint density at radius 3 is 2.33 bits per heavy atom. The fourth-order valence-electron chi connectivity index (χ4n) is 3.66. The van der Waals surface area contributed by atoms with E-state index in [1.807, 2.05) is 19.9 Å². The van der Waals surface area contributed by atoms with Gasteiger partial charge in [0.2, 0.25) is 5.91 Å². The number of fused-ring (bicyclic) bond motifs is 1. The van der Waals surface area contributed by atoms with Crippen molar-refractivity contribution in [3.8, 4) is 0 Å². The molecule has 3 amide bonds. The van der Waals surface area contributed by atoms with Crippen molar-refractivity contribution in [3.05, 3.63) is 35.2 Å². The molecule has 0 bridgehead atoms. The number of nitrogens with zero attached hydrogens (tertiary/aromatic N) is 3. The molecule has 0 aliphatic carbocycles. The van der Waals surface area contributed by atoms with Gasteiger partial charge in [0.25, 0.3) is 5.91 Å². The summed E-state index contributed by atoms with van der Waals surface area (Å²) in [6, 6.07) is 5.34. The van der Waals surface area contributed by atoms with Crippen molar-refractivity contribution >= 4 is 28.9 Å². The van der Waals surface area contributed by atoms with Gasteiger partial charge in [-0.3, -0.25) is 9.59 Å². The van der Waals surface area contributed by atoms with Gasteiger partial charge in [0, 0.05) is 37.7 Å². The Morgan fingerprint density at radius 1 is 1.06 bits per heavy atom. The number of ether oxygens (including phenoxy) is 1.